The van der Waals surface area contributed by atoms with Gasteiger partial charge in [-0.3, -0.25) is 4.79 Å². The summed E-state index contributed by atoms with van der Waals surface area (Å²) in [5, 5.41) is 11.9. The number of rotatable bonds is 6. The number of hydrogen-bond acceptors (Lipinski definition) is 3. The van der Waals surface area contributed by atoms with Crippen LogP contribution in [0.15, 0.2) is 61.2 Å². The predicted molar refractivity (Wildman–Crippen MR) is 113 cm³/mol. The van der Waals surface area contributed by atoms with Gasteiger partial charge in [-0.05, 0) is 48.5 Å². The van der Waals surface area contributed by atoms with E-state index in [2.05, 4.69) is 11.9 Å². The summed E-state index contributed by atoms with van der Waals surface area (Å²) in [5.74, 6) is -3.37. The minimum atomic E-state index is -1.29. The number of carbonyl (C=O) groups excluding carboxylic acids is 1. The van der Waals surface area contributed by atoms with E-state index in [0.29, 0.717) is 0 Å². The largest absolute Gasteiger partial charge is 0.478 e. The van der Waals surface area contributed by atoms with Crippen LogP contribution in [-0.4, -0.2) is 16.9 Å². The first-order valence-electron chi connectivity index (χ1n) is 8.46. The monoisotopic (exact) mass is 447 g/mol. The first-order valence-corrected chi connectivity index (χ1v) is 9.22. The van der Waals surface area contributed by atoms with Gasteiger partial charge in [-0.2, -0.15) is 0 Å². The number of benzene rings is 3. The molecule has 4 nitrogen and oxygen atoms in total. The summed E-state index contributed by atoms with van der Waals surface area (Å²) < 4.78 is 28.2. The highest BCUT2D eigenvalue weighted by Gasteiger charge is 2.21. The molecule has 3 aromatic rings. The van der Waals surface area contributed by atoms with Gasteiger partial charge in [0.15, 0.2) is 5.78 Å². The summed E-state index contributed by atoms with van der Waals surface area (Å²) in [4.78, 5) is 23.9. The highest BCUT2D eigenvalue weighted by atomic mass is 35.5. The highest BCUT2D eigenvalue weighted by molar-refractivity contribution is 6.44. The summed E-state index contributed by atoms with van der Waals surface area (Å²) in [6.07, 6.45) is 0. The van der Waals surface area contributed by atoms with E-state index in [4.69, 9.17) is 28.3 Å². The lowest BCUT2D eigenvalue weighted by molar-refractivity contribution is 0.0696. The molecular formula is C22H13Cl2F2NO3. The average Bonchev–Trinajstić information content (AvgIpc) is 2.68. The Bertz CT molecular complexity index is 1170. The van der Waals surface area contributed by atoms with Gasteiger partial charge >= 0.3 is 5.97 Å². The Balaban J connectivity index is 2.01. The van der Waals surface area contributed by atoms with Gasteiger partial charge < -0.3 is 10.4 Å². The van der Waals surface area contributed by atoms with Gasteiger partial charge in [-0.15, -0.1) is 0 Å². The second kappa shape index (κ2) is 8.65. The minimum Gasteiger partial charge on any atom is -0.478 e. The fourth-order valence-electron chi connectivity index (χ4n) is 2.77. The molecule has 0 saturated carbocycles. The van der Waals surface area contributed by atoms with Crippen LogP contribution in [0.25, 0.3) is 5.57 Å². The average molecular weight is 448 g/mol. The van der Waals surface area contributed by atoms with Crippen LogP contribution in [0.4, 0.5) is 20.2 Å². The van der Waals surface area contributed by atoms with Gasteiger partial charge in [0.25, 0.3) is 0 Å². The molecule has 0 amide bonds. The molecule has 2 N–H and O–H groups in total. The van der Waals surface area contributed by atoms with Gasteiger partial charge in [0.05, 0.1) is 26.9 Å². The SMILES string of the molecule is C=C(C(=O)c1c(Cl)cccc1Cl)c1ccc(F)cc1Nc1ccc(C(=O)O)cc1F. The van der Waals surface area contributed by atoms with Crippen LogP contribution in [0.2, 0.25) is 10.0 Å². The zero-order valence-electron chi connectivity index (χ0n) is 15.2. The Morgan fingerprint density at radius 3 is 2.20 bits per heavy atom. The van der Waals surface area contributed by atoms with E-state index in [1.807, 2.05) is 0 Å². The third-order valence-corrected chi connectivity index (χ3v) is 4.89. The molecule has 0 heterocycles. The van der Waals surface area contributed by atoms with Crippen LogP contribution >= 0.6 is 23.2 Å². The number of aromatic carboxylic acids is 1. The Hall–Kier alpha value is -3.22. The normalized spacial score (nSPS) is 10.5. The van der Waals surface area contributed by atoms with Gasteiger partial charge in [-0.25, -0.2) is 13.6 Å². The predicted octanol–water partition coefficient (Wildman–Crippen LogP) is 6.61. The minimum absolute atomic E-state index is 0.0399. The van der Waals surface area contributed by atoms with Crippen molar-refractivity contribution in [2.45, 2.75) is 0 Å². The number of carbonyl (C=O) groups is 2. The van der Waals surface area contributed by atoms with Gasteiger partial charge in [0.2, 0.25) is 0 Å². The van der Waals surface area contributed by atoms with Gasteiger partial charge in [0, 0.05) is 16.8 Å². The van der Waals surface area contributed by atoms with E-state index in [0.717, 1.165) is 18.2 Å². The van der Waals surface area contributed by atoms with Crippen LogP contribution in [0.1, 0.15) is 26.3 Å². The zero-order chi connectivity index (χ0) is 22.0. The third-order valence-electron chi connectivity index (χ3n) is 4.26. The van der Waals surface area contributed by atoms with E-state index in [9.17, 15) is 18.4 Å². The summed E-state index contributed by atoms with van der Waals surface area (Å²) in [5.41, 5.74) is -0.112. The van der Waals surface area contributed by atoms with Crippen LogP contribution in [-0.2, 0) is 0 Å². The van der Waals surface area contributed by atoms with Crippen molar-refractivity contribution in [1.29, 1.82) is 0 Å². The van der Waals surface area contributed by atoms with Crippen LogP contribution in [0.3, 0.4) is 0 Å². The first kappa shape index (κ1) is 21.5. The van der Waals surface area contributed by atoms with Crippen LogP contribution in [0.5, 0.6) is 0 Å². The van der Waals surface area contributed by atoms with Crippen molar-refractivity contribution in [1.82, 2.24) is 0 Å². The fourth-order valence-corrected chi connectivity index (χ4v) is 3.33. The molecule has 0 saturated heterocycles. The zero-order valence-corrected chi connectivity index (χ0v) is 16.7. The van der Waals surface area contributed by atoms with Crippen molar-refractivity contribution in [3.05, 3.63) is 99.5 Å². The van der Waals surface area contributed by atoms with E-state index >= 15 is 0 Å². The summed E-state index contributed by atoms with van der Waals surface area (Å²) in [6, 6.07) is 11.3. The molecule has 3 rings (SSSR count). The number of nitrogens with one attached hydrogen (secondary N) is 1. The number of carboxylic acids is 1. The molecule has 8 heteroatoms. The second-order valence-electron chi connectivity index (χ2n) is 6.22. The number of ketones is 1. The van der Waals surface area contributed by atoms with Gasteiger partial charge in [-0.1, -0.05) is 35.8 Å². The molecular weight excluding hydrogens is 435 g/mol. The lowest BCUT2D eigenvalue weighted by atomic mass is 9.96. The molecule has 0 aliphatic carbocycles. The number of allylic oxidation sites excluding steroid dienone is 1. The molecule has 0 aliphatic rings. The molecule has 0 spiro atoms. The Labute approximate surface area is 180 Å². The van der Waals surface area contributed by atoms with Crippen molar-refractivity contribution in [3.8, 4) is 0 Å². The van der Waals surface area contributed by atoms with Crippen molar-refractivity contribution in [3.63, 3.8) is 0 Å². The molecule has 0 aromatic heterocycles. The summed E-state index contributed by atoms with van der Waals surface area (Å²) in [7, 11) is 0. The Morgan fingerprint density at radius 1 is 0.933 bits per heavy atom. The molecule has 3 aromatic carbocycles. The van der Waals surface area contributed by atoms with E-state index < -0.39 is 23.4 Å². The molecule has 0 radical (unpaired) electrons. The molecule has 0 fully saturated rings. The van der Waals surface area contributed by atoms with E-state index in [-0.39, 0.29) is 43.7 Å². The quantitative estimate of drug-likeness (QED) is 0.329. The maximum atomic E-state index is 14.3. The Morgan fingerprint density at radius 2 is 1.60 bits per heavy atom. The van der Waals surface area contributed by atoms with Crippen molar-refractivity contribution >= 4 is 51.9 Å². The lowest BCUT2D eigenvalue weighted by Gasteiger charge is -2.15. The number of carboxylic acid groups (broad SMARTS) is 1. The van der Waals surface area contributed by atoms with Crippen molar-refractivity contribution in [2.24, 2.45) is 0 Å². The fraction of sp³-hybridized carbons (Fsp3) is 0. The number of halogens is 4. The number of hydrogen-bond donors (Lipinski definition) is 2. The standard InChI is InChI=1S/C22H13Cl2F2NO3/c1-11(21(28)20-15(23)3-2-4-16(20)24)14-7-6-13(25)10-19(14)27-18-8-5-12(22(29)30)9-17(18)26/h2-10,27H,1H2,(H,29,30). The topological polar surface area (TPSA) is 66.4 Å². The summed E-state index contributed by atoms with van der Waals surface area (Å²) >= 11 is 12.2. The molecule has 30 heavy (non-hydrogen) atoms. The van der Waals surface area contributed by atoms with Crippen molar-refractivity contribution < 1.29 is 23.5 Å². The van der Waals surface area contributed by atoms with Crippen LogP contribution in [0, 0.1) is 11.6 Å². The molecule has 0 aliphatic heterocycles. The second-order valence-corrected chi connectivity index (χ2v) is 7.03. The Kier molecular flexibility index (Phi) is 6.20. The van der Waals surface area contributed by atoms with Crippen molar-refractivity contribution in [2.75, 3.05) is 5.32 Å². The molecule has 0 bridgehead atoms. The maximum absolute atomic E-state index is 14.3. The number of Topliss-reactive ketones (excluding diaryl/α,β-unsaturated/α-hetero) is 1. The summed E-state index contributed by atoms with van der Waals surface area (Å²) in [6.45, 7) is 3.77. The van der Waals surface area contributed by atoms with E-state index in [1.54, 1.807) is 6.07 Å². The molecule has 152 valence electrons. The smallest absolute Gasteiger partial charge is 0.335 e. The van der Waals surface area contributed by atoms with E-state index in [1.165, 1.54) is 30.3 Å². The molecule has 0 atom stereocenters. The highest BCUT2D eigenvalue weighted by Crippen LogP contribution is 2.34. The molecule has 0 unspecified atom stereocenters. The maximum Gasteiger partial charge on any atom is 0.335 e. The van der Waals surface area contributed by atoms with Gasteiger partial charge in [0.1, 0.15) is 11.6 Å². The third kappa shape index (κ3) is 4.35. The first-order chi connectivity index (χ1) is 14.2. The lowest BCUT2D eigenvalue weighted by Crippen LogP contribution is -2.07. The number of anilines is 2. The van der Waals surface area contributed by atoms with Crippen LogP contribution < -0.4 is 5.32 Å².